The standard InChI is InChI=1S/C26H23FN4O2/c1-16-9-10-30-15-23(28-24(30)11-16)18-4-3-17(2)22(12-18)29-26(33)19-13-25(32)31(14-19)21-7-5-20(27)6-8-21/h3-12,15,19H,13-14H2,1-2H3,(H,29,33)/t19-/m0/s1. The maximum atomic E-state index is 13.2. The smallest absolute Gasteiger partial charge is 0.229 e. The van der Waals surface area contributed by atoms with Crippen molar-refractivity contribution in [1.82, 2.24) is 9.38 Å². The highest BCUT2D eigenvalue weighted by molar-refractivity contribution is 6.03. The van der Waals surface area contributed by atoms with E-state index in [9.17, 15) is 14.0 Å². The van der Waals surface area contributed by atoms with E-state index in [1.807, 2.05) is 61.0 Å². The molecule has 1 aliphatic heterocycles. The molecule has 6 nitrogen and oxygen atoms in total. The third kappa shape index (κ3) is 4.09. The molecule has 1 saturated heterocycles. The highest BCUT2D eigenvalue weighted by Crippen LogP contribution is 2.29. The summed E-state index contributed by atoms with van der Waals surface area (Å²) in [4.78, 5) is 31.7. The molecule has 0 aliphatic carbocycles. The van der Waals surface area contributed by atoms with Gasteiger partial charge in [-0.05, 0) is 67.4 Å². The van der Waals surface area contributed by atoms with Crippen LogP contribution >= 0.6 is 0 Å². The number of carbonyl (C=O) groups excluding carboxylic acids is 2. The van der Waals surface area contributed by atoms with Crippen molar-refractivity contribution in [3.8, 4) is 11.3 Å². The van der Waals surface area contributed by atoms with Gasteiger partial charge in [0.25, 0.3) is 0 Å². The number of fused-ring (bicyclic) bond motifs is 1. The van der Waals surface area contributed by atoms with Crippen molar-refractivity contribution in [3.05, 3.63) is 83.9 Å². The topological polar surface area (TPSA) is 66.7 Å². The summed E-state index contributed by atoms with van der Waals surface area (Å²) in [6.07, 6.45) is 4.05. The van der Waals surface area contributed by atoms with E-state index in [2.05, 4.69) is 5.32 Å². The van der Waals surface area contributed by atoms with Gasteiger partial charge in [-0.2, -0.15) is 0 Å². The first-order chi connectivity index (χ1) is 15.9. The number of nitrogens with one attached hydrogen (secondary N) is 1. The molecular weight excluding hydrogens is 419 g/mol. The molecule has 2 amide bonds. The molecule has 0 spiro atoms. The number of aryl methyl sites for hydroxylation is 2. The van der Waals surface area contributed by atoms with Crippen molar-refractivity contribution in [2.45, 2.75) is 20.3 Å². The van der Waals surface area contributed by atoms with Crippen molar-refractivity contribution in [3.63, 3.8) is 0 Å². The molecule has 1 aliphatic rings. The minimum absolute atomic E-state index is 0.119. The van der Waals surface area contributed by atoms with Crippen molar-refractivity contribution in [1.29, 1.82) is 0 Å². The Morgan fingerprint density at radius 2 is 1.88 bits per heavy atom. The van der Waals surface area contributed by atoms with Gasteiger partial charge in [0.05, 0.1) is 11.6 Å². The maximum absolute atomic E-state index is 13.2. The minimum Gasteiger partial charge on any atom is -0.326 e. The number of amides is 2. The summed E-state index contributed by atoms with van der Waals surface area (Å²) in [5.41, 5.74) is 5.92. The molecule has 2 aromatic heterocycles. The fourth-order valence-electron chi connectivity index (χ4n) is 4.13. The second kappa shape index (κ2) is 8.16. The van der Waals surface area contributed by atoms with Crippen molar-refractivity contribution < 1.29 is 14.0 Å². The lowest BCUT2D eigenvalue weighted by Crippen LogP contribution is -2.28. The summed E-state index contributed by atoms with van der Waals surface area (Å²) in [5.74, 6) is -1.20. The number of hydrogen-bond donors (Lipinski definition) is 1. The zero-order chi connectivity index (χ0) is 23.1. The number of halogens is 1. The van der Waals surface area contributed by atoms with Crippen LogP contribution in [0.2, 0.25) is 0 Å². The molecule has 0 saturated carbocycles. The van der Waals surface area contributed by atoms with Crippen LogP contribution in [0.1, 0.15) is 17.5 Å². The summed E-state index contributed by atoms with van der Waals surface area (Å²) in [6.45, 7) is 4.22. The van der Waals surface area contributed by atoms with Crippen molar-refractivity contribution >= 4 is 28.8 Å². The van der Waals surface area contributed by atoms with Crippen LogP contribution in [-0.2, 0) is 9.59 Å². The molecule has 0 bridgehead atoms. The number of carbonyl (C=O) groups is 2. The van der Waals surface area contributed by atoms with Gasteiger partial charge in [0.2, 0.25) is 11.8 Å². The van der Waals surface area contributed by atoms with Crippen LogP contribution in [0.15, 0.2) is 67.0 Å². The van der Waals surface area contributed by atoms with Gasteiger partial charge < -0.3 is 14.6 Å². The van der Waals surface area contributed by atoms with Gasteiger partial charge in [-0.25, -0.2) is 9.37 Å². The second-order valence-electron chi connectivity index (χ2n) is 8.50. The van der Waals surface area contributed by atoms with Crippen molar-refractivity contribution in [2.24, 2.45) is 5.92 Å². The van der Waals surface area contributed by atoms with Crippen LogP contribution in [0.5, 0.6) is 0 Å². The Bertz CT molecular complexity index is 1380. The molecule has 2 aromatic carbocycles. The van der Waals surface area contributed by atoms with Gasteiger partial charge in [-0.3, -0.25) is 9.59 Å². The van der Waals surface area contributed by atoms with E-state index in [0.717, 1.165) is 28.0 Å². The Hall–Kier alpha value is -4.00. The first kappa shape index (κ1) is 20.9. The molecule has 33 heavy (non-hydrogen) atoms. The van der Waals surface area contributed by atoms with Gasteiger partial charge in [0.15, 0.2) is 0 Å². The average molecular weight is 442 g/mol. The fourth-order valence-corrected chi connectivity index (χ4v) is 4.13. The van der Waals surface area contributed by atoms with E-state index in [-0.39, 0.29) is 30.6 Å². The fraction of sp³-hybridized carbons (Fsp3) is 0.192. The third-order valence-electron chi connectivity index (χ3n) is 6.04. The Balaban J connectivity index is 1.35. The van der Waals surface area contributed by atoms with E-state index < -0.39 is 5.92 Å². The van der Waals surface area contributed by atoms with E-state index in [0.29, 0.717) is 11.4 Å². The number of aromatic nitrogens is 2. The molecule has 1 N–H and O–H groups in total. The van der Waals surface area contributed by atoms with Crippen LogP contribution in [0.3, 0.4) is 0 Å². The third-order valence-corrected chi connectivity index (χ3v) is 6.04. The molecule has 0 radical (unpaired) electrons. The highest BCUT2D eigenvalue weighted by atomic mass is 19.1. The summed E-state index contributed by atoms with van der Waals surface area (Å²) in [5, 5.41) is 2.99. The van der Waals surface area contributed by atoms with Gasteiger partial charge in [0.1, 0.15) is 11.5 Å². The monoisotopic (exact) mass is 442 g/mol. The number of imidazole rings is 1. The predicted molar refractivity (Wildman–Crippen MR) is 126 cm³/mol. The molecule has 5 rings (SSSR count). The van der Waals surface area contributed by atoms with E-state index in [1.165, 1.54) is 17.0 Å². The second-order valence-corrected chi connectivity index (χ2v) is 8.50. The highest BCUT2D eigenvalue weighted by Gasteiger charge is 2.35. The maximum Gasteiger partial charge on any atom is 0.229 e. The SMILES string of the molecule is Cc1ccn2cc(-c3ccc(C)c(NC(=O)[C@H]4CC(=O)N(c5ccc(F)cc5)C4)c3)nc2c1. The summed E-state index contributed by atoms with van der Waals surface area (Å²) < 4.78 is 15.2. The molecule has 0 unspecified atom stereocenters. The Morgan fingerprint density at radius 1 is 1.09 bits per heavy atom. The number of anilines is 2. The largest absolute Gasteiger partial charge is 0.326 e. The minimum atomic E-state index is -0.483. The number of hydrogen-bond acceptors (Lipinski definition) is 3. The quantitative estimate of drug-likeness (QED) is 0.496. The number of pyridine rings is 1. The molecule has 166 valence electrons. The van der Waals surface area contributed by atoms with Crippen LogP contribution in [-0.4, -0.2) is 27.7 Å². The zero-order valence-electron chi connectivity index (χ0n) is 18.4. The molecule has 1 atom stereocenters. The first-order valence-electron chi connectivity index (χ1n) is 10.8. The number of rotatable bonds is 4. The number of nitrogens with zero attached hydrogens (tertiary/aromatic N) is 3. The van der Waals surface area contributed by atoms with E-state index >= 15 is 0 Å². The molecule has 4 aromatic rings. The molecular formula is C26H23FN4O2. The van der Waals surface area contributed by atoms with Crippen molar-refractivity contribution in [2.75, 3.05) is 16.8 Å². The summed E-state index contributed by atoms with van der Waals surface area (Å²) in [6, 6.07) is 15.6. The van der Waals surface area contributed by atoms with E-state index in [4.69, 9.17) is 4.98 Å². The van der Waals surface area contributed by atoms with E-state index in [1.54, 1.807) is 12.1 Å². The van der Waals surface area contributed by atoms with Crippen LogP contribution in [0, 0.1) is 25.6 Å². The summed E-state index contributed by atoms with van der Waals surface area (Å²) in [7, 11) is 0. The lowest BCUT2D eigenvalue weighted by atomic mass is 10.1. The van der Waals surface area contributed by atoms with Crippen LogP contribution < -0.4 is 10.2 Å². The van der Waals surface area contributed by atoms with Gasteiger partial charge in [-0.1, -0.05) is 12.1 Å². The summed E-state index contributed by atoms with van der Waals surface area (Å²) >= 11 is 0. The van der Waals surface area contributed by atoms with Gasteiger partial charge >= 0.3 is 0 Å². The average Bonchev–Trinajstić information content (AvgIpc) is 3.39. The first-order valence-corrected chi connectivity index (χ1v) is 10.8. The normalized spacial score (nSPS) is 15.9. The lowest BCUT2D eigenvalue weighted by molar-refractivity contribution is -0.122. The van der Waals surface area contributed by atoms with Crippen LogP contribution in [0.4, 0.5) is 15.8 Å². The Kier molecular flexibility index (Phi) is 5.17. The number of benzene rings is 2. The predicted octanol–water partition coefficient (Wildman–Crippen LogP) is 4.75. The molecule has 1 fully saturated rings. The lowest BCUT2D eigenvalue weighted by Gasteiger charge is -2.17. The molecule has 3 heterocycles. The molecule has 7 heteroatoms. The zero-order valence-corrected chi connectivity index (χ0v) is 18.4. The van der Waals surface area contributed by atoms with Crippen LogP contribution in [0.25, 0.3) is 16.9 Å². The Morgan fingerprint density at radius 3 is 2.67 bits per heavy atom. The van der Waals surface area contributed by atoms with Gasteiger partial charge in [0, 0.05) is 42.3 Å². The van der Waals surface area contributed by atoms with Gasteiger partial charge in [-0.15, -0.1) is 0 Å². The Labute approximate surface area is 190 Å².